The molecule has 4 heteroatoms. The van der Waals surface area contributed by atoms with E-state index in [0.717, 1.165) is 0 Å². The quantitative estimate of drug-likeness (QED) is 0.497. The average molecular weight is 257 g/mol. The van der Waals surface area contributed by atoms with E-state index in [1.807, 2.05) is 0 Å². The maximum absolute atomic E-state index is 12.4. The molecule has 1 heterocycles. The second kappa shape index (κ2) is 4.24. The molecule has 0 saturated carbocycles. The lowest BCUT2D eigenvalue weighted by molar-refractivity contribution is 0.0601. The van der Waals surface area contributed by atoms with Crippen molar-refractivity contribution in [1.29, 1.82) is 0 Å². The van der Waals surface area contributed by atoms with E-state index in [-0.39, 0.29) is 16.4 Å². The molecule has 19 heavy (non-hydrogen) atoms. The number of carbonyl (C=O) groups is 1. The molecule has 0 saturated heterocycles. The first-order valence-electron chi connectivity index (χ1n) is 7.04. The molecular weight excluding hydrogens is 244 g/mol. The third kappa shape index (κ3) is 1.78. The van der Waals surface area contributed by atoms with Crippen LogP contribution in [0.3, 0.4) is 0 Å². The number of fused-ring (bicyclic) bond motifs is 2. The second-order valence-corrected chi connectivity index (χ2v) is 4.03. The van der Waals surface area contributed by atoms with Crippen LogP contribution >= 0.6 is 0 Å². The van der Waals surface area contributed by atoms with Gasteiger partial charge in [-0.15, -0.1) is 0 Å². The monoisotopic (exact) mass is 257 g/mol. The average Bonchev–Trinajstić information content (AvgIpc) is 2.45. The zero-order valence-electron chi connectivity index (χ0n) is 12.7. The molecular formula is C15H10O4. The molecule has 4 nitrogen and oxygen atoms in total. The lowest BCUT2D eigenvalue weighted by Gasteiger charge is -2.03. The SMILES string of the molecule is [2H]C([2H])([2H])OC(=O)c1ccc2oc3ccccc3c(=O)c2c1. The fraction of sp³-hybridized carbons (Fsp3) is 0.0667. The van der Waals surface area contributed by atoms with Crippen LogP contribution < -0.4 is 5.43 Å². The minimum atomic E-state index is -2.83. The van der Waals surface area contributed by atoms with Crippen molar-refractivity contribution in [2.75, 3.05) is 7.04 Å². The van der Waals surface area contributed by atoms with Gasteiger partial charge in [-0.3, -0.25) is 4.79 Å². The Morgan fingerprint density at radius 2 is 1.95 bits per heavy atom. The predicted molar refractivity (Wildman–Crippen MR) is 71.3 cm³/mol. The van der Waals surface area contributed by atoms with E-state index in [2.05, 4.69) is 4.74 Å². The molecule has 1 aromatic heterocycles. The van der Waals surface area contributed by atoms with Gasteiger partial charge in [0.25, 0.3) is 0 Å². The van der Waals surface area contributed by atoms with Gasteiger partial charge in [-0.05, 0) is 30.3 Å². The van der Waals surface area contributed by atoms with Crippen molar-refractivity contribution in [3.63, 3.8) is 0 Å². The minimum absolute atomic E-state index is 0.0220. The predicted octanol–water partition coefficient (Wildman–Crippen LogP) is 2.73. The van der Waals surface area contributed by atoms with Crippen LogP contribution in [0.2, 0.25) is 0 Å². The first-order valence-corrected chi connectivity index (χ1v) is 5.54. The van der Waals surface area contributed by atoms with Gasteiger partial charge in [-0.25, -0.2) is 4.79 Å². The highest BCUT2D eigenvalue weighted by Crippen LogP contribution is 2.19. The van der Waals surface area contributed by atoms with Crippen LogP contribution in [-0.4, -0.2) is 13.0 Å². The molecule has 0 bridgehead atoms. The second-order valence-electron chi connectivity index (χ2n) is 4.03. The van der Waals surface area contributed by atoms with Crippen LogP contribution in [0.25, 0.3) is 21.9 Å². The van der Waals surface area contributed by atoms with Crippen LogP contribution in [0.15, 0.2) is 51.7 Å². The van der Waals surface area contributed by atoms with Gasteiger partial charge in [0, 0.05) is 0 Å². The largest absolute Gasteiger partial charge is 0.465 e. The standard InChI is InChI=1S/C15H10O4/c1-18-15(17)9-6-7-13-11(8-9)14(16)10-4-2-3-5-12(10)19-13/h2-8H,1H3/i1D3. The number of hydrogen-bond donors (Lipinski definition) is 0. The van der Waals surface area contributed by atoms with Gasteiger partial charge in [-0.1, -0.05) is 12.1 Å². The highest BCUT2D eigenvalue weighted by molar-refractivity contribution is 5.96. The summed E-state index contributed by atoms with van der Waals surface area (Å²) in [4.78, 5) is 24.2. The fourth-order valence-electron chi connectivity index (χ4n) is 1.99. The molecule has 0 aliphatic carbocycles. The van der Waals surface area contributed by atoms with Gasteiger partial charge in [0.05, 0.1) is 27.5 Å². The number of ether oxygens (including phenoxy) is 1. The van der Waals surface area contributed by atoms with Crippen molar-refractivity contribution in [3.05, 3.63) is 58.3 Å². The molecule has 3 aromatic rings. The summed E-state index contributed by atoms with van der Waals surface area (Å²) in [7, 11) is -2.83. The van der Waals surface area contributed by atoms with Crippen molar-refractivity contribution in [1.82, 2.24) is 0 Å². The Morgan fingerprint density at radius 1 is 1.16 bits per heavy atom. The first kappa shape index (κ1) is 8.48. The van der Waals surface area contributed by atoms with E-state index in [1.165, 1.54) is 18.2 Å². The van der Waals surface area contributed by atoms with Crippen molar-refractivity contribution in [2.45, 2.75) is 0 Å². The van der Waals surface area contributed by atoms with Crippen molar-refractivity contribution in [2.24, 2.45) is 0 Å². The Hall–Kier alpha value is -2.62. The zero-order valence-corrected chi connectivity index (χ0v) is 9.67. The number of esters is 1. The molecule has 0 N–H and O–H groups in total. The summed E-state index contributed by atoms with van der Waals surface area (Å²) in [5.74, 6) is -1.02. The number of rotatable bonds is 1. The third-order valence-corrected chi connectivity index (χ3v) is 2.90. The summed E-state index contributed by atoms with van der Waals surface area (Å²) < 4.78 is 30.7. The summed E-state index contributed by atoms with van der Waals surface area (Å²) >= 11 is 0. The summed E-state index contributed by atoms with van der Waals surface area (Å²) in [6, 6.07) is 10.8. The van der Waals surface area contributed by atoms with Crippen LogP contribution in [0.5, 0.6) is 0 Å². The highest BCUT2D eigenvalue weighted by Gasteiger charge is 2.11. The molecule has 2 aromatic carbocycles. The number of benzene rings is 2. The topological polar surface area (TPSA) is 56.5 Å². The Balaban J connectivity index is 2.17. The summed E-state index contributed by atoms with van der Waals surface area (Å²) in [6.45, 7) is 0. The van der Waals surface area contributed by atoms with Crippen molar-refractivity contribution < 1.29 is 18.1 Å². The Bertz CT molecular complexity index is 941. The Labute approximate surface area is 112 Å². The third-order valence-electron chi connectivity index (χ3n) is 2.90. The molecule has 0 radical (unpaired) electrons. The van der Waals surface area contributed by atoms with E-state index < -0.39 is 13.0 Å². The first-order chi connectivity index (χ1) is 10.3. The Morgan fingerprint density at radius 3 is 2.79 bits per heavy atom. The Kier molecular flexibility index (Phi) is 1.89. The normalized spacial score (nSPS) is 13.8. The van der Waals surface area contributed by atoms with Crippen molar-refractivity contribution in [3.8, 4) is 0 Å². The van der Waals surface area contributed by atoms with E-state index in [4.69, 9.17) is 8.53 Å². The number of methoxy groups -OCH3 is 1. The van der Waals surface area contributed by atoms with Crippen LogP contribution in [0.1, 0.15) is 14.5 Å². The minimum Gasteiger partial charge on any atom is -0.465 e. The number of para-hydroxylation sites is 1. The van der Waals surface area contributed by atoms with Gasteiger partial charge in [0.1, 0.15) is 11.2 Å². The molecule has 0 aliphatic rings. The summed E-state index contributed by atoms with van der Waals surface area (Å²) in [5, 5.41) is 0.579. The smallest absolute Gasteiger partial charge is 0.337 e. The van der Waals surface area contributed by atoms with E-state index in [9.17, 15) is 9.59 Å². The van der Waals surface area contributed by atoms with Crippen LogP contribution in [0.4, 0.5) is 0 Å². The zero-order chi connectivity index (χ0) is 15.9. The van der Waals surface area contributed by atoms with Crippen LogP contribution in [0, 0.1) is 0 Å². The molecule has 0 spiro atoms. The molecule has 0 amide bonds. The lowest BCUT2D eigenvalue weighted by atomic mass is 10.1. The van der Waals surface area contributed by atoms with Crippen LogP contribution in [-0.2, 0) is 4.74 Å². The van der Waals surface area contributed by atoms with Gasteiger partial charge in [0.15, 0.2) is 0 Å². The van der Waals surface area contributed by atoms with Gasteiger partial charge in [-0.2, -0.15) is 0 Å². The highest BCUT2D eigenvalue weighted by atomic mass is 16.5. The summed E-state index contributed by atoms with van der Waals surface area (Å²) in [5.41, 5.74) is 0.443. The van der Waals surface area contributed by atoms with E-state index >= 15 is 0 Å². The molecule has 0 atom stereocenters. The van der Waals surface area contributed by atoms with Crippen molar-refractivity contribution >= 4 is 27.9 Å². The summed E-state index contributed by atoms with van der Waals surface area (Å²) in [6.07, 6.45) is 0. The molecule has 0 fully saturated rings. The molecule has 0 unspecified atom stereocenters. The fourth-order valence-corrected chi connectivity index (χ4v) is 1.99. The number of hydrogen-bond acceptors (Lipinski definition) is 4. The molecule has 94 valence electrons. The van der Waals surface area contributed by atoms with Gasteiger partial charge in [0.2, 0.25) is 5.43 Å². The molecule has 0 aliphatic heterocycles. The van der Waals surface area contributed by atoms with E-state index in [1.54, 1.807) is 24.3 Å². The maximum Gasteiger partial charge on any atom is 0.337 e. The molecule has 3 rings (SSSR count). The van der Waals surface area contributed by atoms with Gasteiger partial charge >= 0.3 is 5.97 Å². The van der Waals surface area contributed by atoms with E-state index in [0.29, 0.717) is 16.6 Å². The van der Waals surface area contributed by atoms with Gasteiger partial charge < -0.3 is 9.15 Å². The number of carbonyl (C=O) groups excluding carboxylic acids is 1. The maximum atomic E-state index is 12.4. The lowest BCUT2D eigenvalue weighted by Crippen LogP contribution is -2.05.